The summed E-state index contributed by atoms with van der Waals surface area (Å²) in [6.07, 6.45) is -0.0744. The molecule has 0 heterocycles. The van der Waals surface area contributed by atoms with Crippen molar-refractivity contribution >= 4 is 11.9 Å². The van der Waals surface area contributed by atoms with Gasteiger partial charge in [-0.1, -0.05) is 13.8 Å². The minimum atomic E-state index is -0.484. The van der Waals surface area contributed by atoms with Gasteiger partial charge in [-0.3, -0.25) is 9.59 Å². The van der Waals surface area contributed by atoms with Gasteiger partial charge in [0, 0.05) is 25.0 Å². The third-order valence-electron chi connectivity index (χ3n) is 2.21. The van der Waals surface area contributed by atoms with Crippen molar-refractivity contribution < 1.29 is 29.3 Å². The molecule has 0 aliphatic carbocycles. The van der Waals surface area contributed by atoms with Crippen molar-refractivity contribution in [3.8, 4) is 0 Å². The summed E-state index contributed by atoms with van der Waals surface area (Å²) in [6.45, 7) is 3.69. The molecule has 0 aliphatic rings. The Balaban J connectivity index is 3.62. The Labute approximate surface area is 107 Å². The van der Waals surface area contributed by atoms with Crippen LogP contribution in [-0.4, -0.2) is 48.6 Å². The molecule has 2 N–H and O–H groups in total. The maximum absolute atomic E-state index is 11.2. The van der Waals surface area contributed by atoms with Crippen LogP contribution in [0, 0.1) is 11.8 Å². The van der Waals surface area contributed by atoms with Crippen LogP contribution in [0.25, 0.3) is 0 Å². The van der Waals surface area contributed by atoms with Crippen molar-refractivity contribution in [2.75, 3.05) is 26.4 Å². The number of ether oxygens (including phenoxy) is 2. The molecule has 0 saturated carbocycles. The summed E-state index contributed by atoms with van der Waals surface area (Å²) >= 11 is 0. The molecule has 0 fully saturated rings. The zero-order valence-corrected chi connectivity index (χ0v) is 10.9. The molecule has 2 unspecified atom stereocenters. The van der Waals surface area contributed by atoms with Crippen LogP contribution in [0.3, 0.4) is 0 Å². The largest absolute Gasteiger partial charge is 0.465 e. The molecule has 0 amide bonds. The third-order valence-corrected chi connectivity index (χ3v) is 2.21. The Morgan fingerprint density at radius 2 is 1.22 bits per heavy atom. The maximum Gasteiger partial charge on any atom is 0.306 e. The molecule has 0 aliphatic heterocycles. The summed E-state index contributed by atoms with van der Waals surface area (Å²) in [5.41, 5.74) is 0. The van der Waals surface area contributed by atoms with Gasteiger partial charge in [-0.05, 0) is 0 Å². The predicted molar refractivity (Wildman–Crippen MR) is 63.7 cm³/mol. The average Bonchev–Trinajstić information content (AvgIpc) is 2.39. The Kier molecular flexibility index (Phi) is 9.22. The van der Waals surface area contributed by atoms with Crippen LogP contribution in [0.5, 0.6) is 0 Å². The second-order valence-electron chi connectivity index (χ2n) is 4.44. The normalized spacial score (nSPS) is 13.8. The highest BCUT2D eigenvalue weighted by atomic mass is 16.5. The molecular weight excluding hydrogens is 240 g/mol. The molecule has 0 saturated heterocycles. The van der Waals surface area contributed by atoms with Crippen molar-refractivity contribution in [1.82, 2.24) is 0 Å². The van der Waals surface area contributed by atoms with E-state index in [0.717, 1.165) is 0 Å². The van der Waals surface area contributed by atoms with E-state index < -0.39 is 11.9 Å². The molecule has 2 atom stereocenters. The molecule has 0 aromatic rings. The number of carbonyl (C=O) groups excluding carboxylic acids is 2. The van der Waals surface area contributed by atoms with Crippen molar-refractivity contribution in [2.24, 2.45) is 11.8 Å². The second-order valence-corrected chi connectivity index (χ2v) is 4.44. The van der Waals surface area contributed by atoms with E-state index in [0.29, 0.717) is 0 Å². The Morgan fingerprint density at radius 1 is 0.889 bits per heavy atom. The van der Waals surface area contributed by atoms with Crippen LogP contribution in [0.15, 0.2) is 0 Å². The maximum atomic E-state index is 11.2. The Hall–Kier alpha value is -1.14. The van der Waals surface area contributed by atoms with E-state index in [4.69, 9.17) is 19.7 Å². The van der Waals surface area contributed by atoms with Gasteiger partial charge in [0.05, 0.1) is 26.1 Å². The van der Waals surface area contributed by atoms with E-state index in [-0.39, 0.29) is 51.1 Å². The molecule has 0 radical (unpaired) electrons. The van der Waals surface area contributed by atoms with Crippen LogP contribution in [0.1, 0.15) is 26.7 Å². The van der Waals surface area contributed by atoms with Gasteiger partial charge in [-0.25, -0.2) is 0 Å². The van der Waals surface area contributed by atoms with Crippen LogP contribution < -0.4 is 0 Å². The fourth-order valence-corrected chi connectivity index (χ4v) is 0.924. The first-order valence-corrected chi connectivity index (χ1v) is 6.02. The number of esters is 2. The van der Waals surface area contributed by atoms with E-state index in [1.165, 1.54) is 0 Å². The first-order chi connectivity index (χ1) is 8.49. The molecule has 6 heteroatoms. The molecule has 0 aromatic carbocycles. The van der Waals surface area contributed by atoms with Crippen LogP contribution in [-0.2, 0) is 19.1 Å². The van der Waals surface area contributed by atoms with E-state index in [9.17, 15) is 9.59 Å². The molecular formula is C12H22O6. The first-order valence-electron chi connectivity index (χ1n) is 6.02. The number of aliphatic hydroxyl groups is 2. The fraction of sp³-hybridized carbons (Fsp3) is 0.833. The van der Waals surface area contributed by atoms with Gasteiger partial charge in [0.15, 0.2) is 0 Å². The SMILES string of the molecule is CC(CO)COC(=O)CCC(=O)OCC(C)CO. The Bertz CT molecular complexity index is 227. The summed E-state index contributed by atoms with van der Waals surface area (Å²) in [7, 11) is 0. The lowest BCUT2D eigenvalue weighted by Crippen LogP contribution is -2.17. The second kappa shape index (κ2) is 9.85. The van der Waals surface area contributed by atoms with Crippen molar-refractivity contribution in [3.63, 3.8) is 0 Å². The van der Waals surface area contributed by atoms with E-state index in [1.54, 1.807) is 13.8 Å². The molecule has 18 heavy (non-hydrogen) atoms. The molecule has 0 aromatic heterocycles. The van der Waals surface area contributed by atoms with Gasteiger partial charge in [-0.2, -0.15) is 0 Å². The number of hydrogen-bond acceptors (Lipinski definition) is 6. The van der Waals surface area contributed by atoms with E-state index in [1.807, 2.05) is 0 Å². The highest BCUT2D eigenvalue weighted by Gasteiger charge is 2.11. The molecule has 0 bridgehead atoms. The lowest BCUT2D eigenvalue weighted by Gasteiger charge is -2.10. The highest BCUT2D eigenvalue weighted by Crippen LogP contribution is 2.01. The zero-order valence-electron chi connectivity index (χ0n) is 10.9. The number of aliphatic hydroxyl groups excluding tert-OH is 2. The summed E-state index contributed by atoms with van der Waals surface area (Å²) in [5, 5.41) is 17.5. The van der Waals surface area contributed by atoms with Gasteiger partial charge in [0.25, 0.3) is 0 Å². The quantitative estimate of drug-likeness (QED) is 0.573. The van der Waals surface area contributed by atoms with Crippen LogP contribution >= 0.6 is 0 Å². The Morgan fingerprint density at radius 3 is 1.50 bits per heavy atom. The van der Waals surface area contributed by atoms with Gasteiger partial charge in [-0.15, -0.1) is 0 Å². The summed E-state index contributed by atoms with van der Waals surface area (Å²) in [6, 6.07) is 0. The summed E-state index contributed by atoms with van der Waals surface area (Å²) in [5.74, 6) is -1.18. The zero-order chi connectivity index (χ0) is 14.0. The molecule has 106 valence electrons. The summed E-state index contributed by atoms with van der Waals surface area (Å²) < 4.78 is 9.69. The predicted octanol–water partition coefficient (Wildman–Crippen LogP) is 0.110. The van der Waals surface area contributed by atoms with Crippen molar-refractivity contribution in [1.29, 1.82) is 0 Å². The van der Waals surface area contributed by atoms with Gasteiger partial charge in [0.2, 0.25) is 0 Å². The standard InChI is InChI=1S/C12H22O6/c1-9(5-13)7-17-11(15)3-4-12(16)18-8-10(2)6-14/h9-10,13-14H,3-8H2,1-2H3. The minimum Gasteiger partial charge on any atom is -0.465 e. The van der Waals surface area contributed by atoms with E-state index in [2.05, 4.69) is 0 Å². The number of rotatable bonds is 9. The lowest BCUT2D eigenvalue weighted by atomic mass is 10.2. The number of hydrogen-bond donors (Lipinski definition) is 2. The molecule has 0 rings (SSSR count). The monoisotopic (exact) mass is 262 g/mol. The topological polar surface area (TPSA) is 93.1 Å². The van der Waals surface area contributed by atoms with Crippen molar-refractivity contribution in [2.45, 2.75) is 26.7 Å². The lowest BCUT2D eigenvalue weighted by molar-refractivity contribution is -0.152. The number of carbonyl (C=O) groups is 2. The van der Waals surface area contributed by atoms with Gasteiger partial charge < -0.3 is 19.7 Å². The van der Waals surface area contributed by atoms with Gasteiger partial charge in [0.1, 0.15) is 0 Å². The summed E-state index contributed by atoms with van der Waals surface area (Å²) in [4.78, 5) is 22.4. The van der Waals surface area contributed by atoms with Crippen LogP contribution in [0.4, 0.5) is 0 Å². The molecule has 6 nitrogen and oxygen atoms in total. The minimum absolute atomic E-state index is 0.0372. The third kappa shape index (κ3) is 8.95. The first kappa shape index (κ1) is 16.9. The van der Waals surface area contributed by atoms with Crippen molar-refractivity contribution in [3.05, 3.63) is 0 Å². The fourth-order valence-electron chi connectivity index (χ4n) is 0.924. The molecule has 0 spiro atoms. The van der Waals surface area contributed by atoms with Crippen LogP contribution in [0.2, 0.25) is 0 Å². The van der Waals surface area contributed by atoms with E-state index >= 15 is 0 Å². The smallest absolute Gasteiger partial charge is 0.306 e. The highest BCUT2D eigenvalue weighted by molar-refractivity contribution is 5.77. The average molecular weight is 262 g/mol. The van der Waals surface area contributed by atoms with Gasteiger partial charge >= 0.3 is 11.9 Å².